The van der Waals surface area contributed by atoms with Gasteiger partial charge in [0.15, 0.2) is 0 Å². The zero-order chi connectivity index (χ0) is 32.7. The summed E-state index contributed by atoms with van der Waals surface area (Å²) in [7, 11) is 0. The second-order valence-corrected chi connectivity index (χ2v) is 9.74. The molecule has 0 saturated carbocycles. The van der Waals surface area contributed by atoms with Crippen molar-refractivity contribution in [3.05, 3.63) is 12.7 Å². The average Bonchev–Trinajstić information content (AvgIpc) is 3.25. The van der Waals surface area contributed by atoms with E-state index in [-0.39, 0.29) is 11.9 Å². The van der Waals surface area contributed by atoms with Crippen LogP contribution in [0.5, 0.6) is 0 Å². The molecule has 1 heterocycles. The molecule has 0 radical (unpaired) electrons. The van der Waals surface area contributed by atoms with Gasteiger partial charge in [0, 0.05) is 12.0 Å². The summed E-state index contributed by atoms with van der Waals surface area (Å²) in [6, 6.07) is 0. The zero-order valence-electron chi connectivity index (χ0n) is 26.1. The van der Waals surface area contributed by atoms with Crippen LogP contribution in [0, 0.1) is 113 Å². The highest BCUT2D eigenvalue weighted by Gasteiger charge is 2.41. The first-order chi connectivity index (χ1) is 21.4. The minimum absolute atomic E-state index is 0.0975. The van der Waals surface area contributed by atoms with Crippen LogP contribution in [-0.4, -0.2) is 24.5 Å². The highest BCUT2D eigenvalue weighted by atomic mass is 16.6. The van der Waals surface area contributed by atoms with Crippen molar-refractivity contribution in [1.82, 2.24) is 0 Å². The molecule has 0 aliphatic carbocycles. The van der Waals surface area contributed by atoms with Gasteiger partial charge in [-0.25, -0.2) is 4.79 Å². The van der Waals surface area contributed by atoms with E-state index in [1.54, 1.807) is 6.92 Å². The van der Waals surface area contributed by atoms with Crippen LogP contribution in [0.2, 0.25) is 0 Å². The number of hydrogen-bond donors (Lipinski definition) is 0. The van der Waals surface area contributed by atoms with E-state index in [4.69, 9.17) is 11.2 Å². The first-order valence-corrected chi connectivity index (χ1v) is 14.9. The van der Waals surface area contributed by atoms with Gasteiger partial charge in [-0.3, -0.25) is 9.59 Å². The molecule has 0 bridgehead atoms. The van der Waals surface area contributed by atoms with Gasteiger partial charge < -0.3 is 9.47 Å². The Morgan fingerprint density at radius 2 is 1.25 bits per heavy atom. The van der Waals surface area contributed by atoms with Crippen LogP contribution in [0.4, 0.5) is 0 Å². The lowest BCUT2D eigenvalue weighted by Gasteiger charge is -2.10. The molecule has 0 aromatic rings. The SMILES string of the molecule is C#CC#CC#CC#CC#CC#CC#CC#CC(C)CC1C(=O)OC(=O)C1C.C=CC(=O)OCCCCCCCCCCCC. The maximum atomic E-state index is 11.6. The lowest BCUT2D eigenvalue weighted by Crippen LogP contribution is -2.17. The van der Waals surface area contributed by atoms with Crippen LogP contribution >= 0.6 is 0 Å². The molecule has 0 spiro atoms. The van der Waals surface area contributed by atoms with Crippen LogP contribution in [-0.2, 0) is 23.9 Å². The number of terminal acetylenes is 1. The third kappa shape index (κ3) is 22.5. The molecule has 5 heteroatoms. The Kier molecular flexibility index (Phi) is 24.7. The molecular weight excluding hydrogens is 548 g/mol. The van der Waals surface area contributed by atoms with Gasteiger partial charge in [-0.15, -0.1) is 6.42 Å². The smallest absolute Gasteiger partial charge is 0.330 e. The molecule has 1 saturated heterocycles. The predicted molar refractivity (Wildman–Crippen MR) is 174 cm³/mol. The standard InChI is InChI=1S/C24H12O3.C15H28O2/c1-4-5-6-7-8-9-10-11-12-13-14-15-16-17-18-20(2)19-22-21(3)23(25)27-24(22)26;1-3-5-6-7-8-9-10-11-12-13-14-17-15(16)4-2/h1,20-22H,19H2,2-3H3;4H,2-3,5-14H2,1H3. The number of ether oxygens (including phenoxy) is 2. The fraction of sp³-hybridized carbons (Fsp3) is 0.462. The van der Waals surface area contributed by atoms with Crippen LogP contribution in [0.3, 0.4) is 0 Å². The van der Waals surface area contributed by atoms with E-state index in [9.17, 15) is 14.4 Å². The van der Waals surface area contributed by atoms with Crippen molar-refractivity contribution >= 4 is 17.9 Å². The number of rotatable bonds is 14. The summed E-state index contributed by atoms with van der Waals surface area (Å²) < 4.78 is 9.51. The topological polar surface area (TPSA) is 69.7 Å². The molecule has 0 amide bonds. The van der Waals surface area contributed by atoms with Gasteiger partial charge in [0.2, 0.25) is 0 Å². The lowest BCUT2D eigenvalue weighted by molar-refractivity contribution is -0.153. The summed E-state index contributed by atoms with van der Waals surface area (Å²) in [5.41, 5.74) is 0. The van der Waals surface area contributed by atoms with E-state index >= 15 is 0 Å². The molecule has 0 N–H and O–H groups in total. The molecule has 1 rings (SSSR count). The lowest BCUT2D eigenvalue weighted by atomic mass is 9.88. The van der Waals surface area contributed by atoms with Crippen molar-refractivity contribution in [3.8, 4) is 95.2 Å². The number of unbranched alkanes of at least 4 members (excludes halogenated alkanes) is 9. The van der Waals surface area contributed by atoms with Crippen molar-refractivity contribution in [2.45, 2.75) is 91.4 Å². The van der Waals surface area contributed by atoms with Crippen molar-refractivity contribution in [2.24, 2.45) is 17.8 Å². The quantitative estimate of drug-likeness (QED) is 0.0864. The normalized spacial score (nSPS) is 14.0. The Bertz CT molecular complexity index is 1440. The van der Waals surface area contributed by atoms with Crippen molar-refractivity contribution < 1.29 is 23.9 Å². The van der Waals surface area contributed by atoms with Crippen molar-refractivity contribution in [2.75, 3.05) is 6.61 Å². The molecule has 5 nitrogen and oxygen atoms in total. The third-order valence-corrected chi connectivity index (χ3v) is 6.14. The zero-order valence-corrected chi connectivity index (χ0v) is 26.1. The molecule has 3 unspecified atom stereocenters. The number of cyclic esters (lactones) is 2. The Hall–Kier alpha value is -5.17. The van der Waals surface area contributed by atoms with Crippen LogP contribution in [0.25, 0.3) is 0 Å². The summed E-state index contributed by atoms with van der Waals surface area (Å²) in [6.07, 6.45) is 19.6. The van der Waals surface area contributed by atoms with Gasteiger partial charge in [0.1, 0.15) is 0 Å². The Labute approximate surface area is 265 Å². The molecule has 3 atom stereocenters. The molecule has 44 heavy (non-hydrogen) atoms. The first kappa shape index (κ1) is 38.8. The maximum absolute atomic E-state index is 11.6. The fourth-order valence-corrected chi connectivity index (χ4v) is 3.74. The van der Waals surface area contributed by atoms with Gasteiger partial charge in [-0.2, -0.15) is 0 Å². The number of carbonyl (C=O) groups is 3. The number of carbonyl (C=O) groups excluding carboxylic acids is 3. The molecule has 226 valence electrons. The Morgan fingerprint density at radius 3 is 1.68 bits per heavy atom. The molecule has 1 aliphatic rings. The third-order valence-electron chi connectivity index (χ3n) is 6.14. The molecule has 1 aliphatic heterocycles. The van der Waals surface area contributed by atoms with E-state index in [0.29, 0.717) is 13.0 Å². The highest BCUT2D eigenvalue weighted by Crippen LogP contribution is 2.28. The second kappa shape index (κ2) is 28.0. The van der Waals surface area contributed by atoms with E-state index in [1.165, 1.54) is 63.9 Å². The first-order valence-electron chi connectivity index (χ1n) is 14.9. The van der Waals surface area contributed by atoms with Crippen molar-refractivity contribution in [3.63, 3.8) is 0 Å². The van der Waals surface area contributed by atoms with Crippen LogP contribution in [0.15, 0.2) is 12.7 Å². The van der Waals surface area contributed by atoms with Gasteiger partial charge >= 0.3 is 17.9 Å². The molecule has 0 aromatic heterocycles. The minimum Gasteiger partial charge on any atom is -0.463 e. The highest BCUT2D eigenvalue weighted by molar-refractivity contribution is 5.96. The monoisotopic (exact) mass is 588 g/mol. The minimum atomic E-state index is -0.480. The summed E-state index contributed by atoms with van der Waals surface area (Å²) in [5.74, 6) is 35.2. The summed E-state index contributed by atoms with van der Waals surface area (Å²) in [5, 5.41) is 0. The average molecular weight is 589 g/mol. The molecule has 1 fully saturated rings. The number of esters is 3. The van der Waals surface area contributed by atoms with Crippen molar-refractivity contribution in [1.29, 1.82) is 0 Å². The Balaban J connectivity index is 0.000000938. The Morgan fingerprint density at radius 1 is 0.795 bits per heavy atom. The van der Waals surface area contributed by atoms with Gasteiger partial charge in [0.25, 0.3) is 0 Å². The summed E-state index contributed by atoms with van der Waals surface area (Å²) in [6.45, 7) is 9.68. The van der Waals surface area contributed by atoms with Gasteiger partial charge in [-0.05, 0) is 95.7 Å². The van der Waals surface area contributed by atoms with E-state index < -0.39 is 23.8 Å². The van der Waals surface area contributed by atoms with Gasteiger partial charge in [0.05, 0.1) is 18.4 Å². The molecule has 0 aromatic carbocycles. The van der Waals surface area contributed by atoms with E-state index in [2.05, 4.69) is 107 Å². The fourth-order valence-electron chi connectivity index (χ4n) is 3.74. The summed E-state index contributed by atoms with van der Waals surface area (Å²) in [4.78, 5) is 33.6. The number of hydrogen-bond acceptors (Lipinski definition) is 5. The van der Waals surface area contributed by atoms with E-state index in [1.807, 2.05) is 6.92 Å². The van der Waals surface area contributed by atoms with Gasteiger partial charge in [-0.1, -0.05) is 91.1 Å². The van der Waals surface area contributed by atoms with E-state index in [0.717, 1.165) is 6.42 Å². The second-order valence-electron chi connectivity index (χ2n) is 9.74. The van der Waals surface area contributed by atoms with Crippen LogP contribution in [0.1, 0.15) is 91.4 Å². The summed E-state index contributed by atoms with van der Waals surface area (Å²) >= 11 is 0. The largest absolute Gasteiger partial charge is 0.463 e. The maximum Gasteiger partial charge on any atom is 0.330 e. The van der Waals surface area contributed by atoms with Crippen LogP contribution < -0.4 is 0 Å². The molecular formula is C39H40O5. The predicted octanol–water partition coefficient (Wildman–Crippen LogP) is 5.64.